The molecule has 0 unspecified atom stereocenters. The highest BCUT2D eigenvalue weighted by molar-refractivity contribution is 5.99. The lowest BCUT2D eigenvalue weighted by Gasteiger charge is -2.36. The summed E-state index contributed by atoms with van der Waals surface area (Å²) < 4.78 is 49.2. The van der Waals surface area contributed by atoms with Crippen LogP contribution in [0.2, 0.25) is 0 Å². The molecular weight excluding hydrogens is 441 g/mol. The number of hydrogen-bond acceptors (Lipinski definition) is 8. The predicted octanol–water partition coefficient (Wildman–Crippen LogP) is 1.68. The van der Waals surface area contributed by atoms with Crippen molar-refractivity contribution in [3.63, 3.8) is 0 Å². The molecule has 3 aliphatic heterocycles. The van der Waals surface area contributed by atoms with Gasteiger partial charge in [0.05, 0.1) is 31.8 Å². The molecule has 33 heavy (non-hydrogen) atoms. The van der Waals surface area contributed by atoms with Crippen LogP contribution in [0.15, 0.2) is 29.2 Å². The van der Waals surface area contributed by atoms with Gasteiger partial charge < -0.3 is 19.9 Å². The molecule has 2 saturated heterocycles. The van der Waals surface area contributed by atoms with Crippen molar-refractivity contribution in [1.29, 1.82) is 0 Å². The second-order valence-electron chi connectivity index (χ2n) is 8.80. The van der Waals surface area contributed by atoms with Crippen LogP contribution < -0.4 is 20.7 Å². The zero-order valence-electron chi connectivity index (χ0n) is 18.1. The van der Waals surface area contributed by atoms with E-state index in [0.29, 0.717) is 24.8 Å². The van der Waals surface area contributed by atoms with E-state index in [0.717, 1.165) is 22.8 Å². The van der Waals surface area contributed by atoms with Gasteiger partial charge in [0.25, 0.3) is 5.56 Å². The predicted molar refractivity (Wildman–Crippen MR) is 114 cm³/mol. The zero-order valence-corrected chi connectivity index (χ0v) is 18.1. The van der Waals surface area contributed by atoms with Crippen LogP contribution in [0.4, 0.5) is 30.8 Å². The first kappa shape index (κ1) is 21.7. The van der Waals surface area contributed by atoms with Gasteiger partial charge in [0.1, 0.15) is 11.6 Å². The minimum Gasteiger partial charge on any atom is -0.374 e. The summed E-state index contributed by atoms with van der Waals surface area (Å²) in [5.41, 5.74) is -2.88. The van der Waals surface area contributed by atoms with Gasteiger partial charge in [-0.1, -0.05) is 0 Å². The number of hydrogen-bond donors (Lipinski definition) is 1. The molecular formula is C21H23F3N6O3. The molecule has 1 N–H and O–H groups in total. The lowest BCUT2D eigenvalue weighted by molar-refractivity contribution is -0.181. The molecule has 0 amide bonds. The van der Waals surface area contributed by atoms with E-state index in [-0.39, 0.29) is 23.7 Å². The van der Waals surface area contributed by atoms with Gasteiger partial charge in [0.2, 0.25) is 5.95 Å². The minimum atomic E-state index is -4.71. The number of anilines is 3. The number of pyridine rings is 1. The Morgan fingerprint density at radius 2 is 2.15 bits per heavy atom. The summed E-state index contributed by atoms with van der Waals surface area (Å²) in [6.07, 6.45) is -2.58. The Balaban J connectivity index is 1.53. The van der Waals surface area contributed by atoms with Gasteiger partial charge in [-0.2, -0.15) is 18.2 Å². The van der Waals surface area contributed by atoms with Crippen LogP contribution in [0.25, 0.3) is 0 Å². The molecule has 5 heterocycles. The van der Waals surface area contributed by atoms with E-state index in [1.54, 1.807) is 13.1 Å². The summed E-state index contributed by atoms with van der Waals surface area (Å²) in [6.45, 7) is 0.767. The number of fused-ring (bicyclic) bond motifs is 3. The van der Waals surface area contributed by atoms with Crippen LogP contribution in [0, 0.1) is 0 Å². The Morgan fingerprint density at radius 3 is 2.73 bits per heavy atom. The summed E-state index contributed by atoms with van der Waals surface area (Å²) in [6, 6.07) is 4.37. The van der Waals surface area contributed by atoms with E-state index in [4.69, 9.17) is 4.74 Å². The van der Waals surface area contributed by atoms with Crippen LogP contribution in [0.5, 0.6) is 0 Å². The average Bonchev–Trinajstić information content (AvgIpc) is 3.48. The zero-order chi connectivity index (χ0) is 23.5. The molecule has 0 aromatic carbocycles. The smallest absolute Gasteiger partial charge is 0.374 e. The standard InChI is InChI=1S/C21H23F3N6O3/c1-20(21(22,23)24)11-29-18(32)6-17(28-8-14-5-13(28)10-33-14)27-19(29)30(20)9-15(31)12-3-4-16(25-2)26-7-12/h3-4,6-7,13-14H,5,8-11H2,1-2H3,(H,25,26)/t13-,14-,20-/m0/s1. The van der Waals surface area contributed by atoms with E-state index in [9.17, 15) is 22.8 Å². The molecule has 2 aromatic heterocycles. The van der Waals surface area contributed by atoms with Crippen molar-refractivity contribution in [2.24, 2.45) is 0 Å². The Kier molecular flexibility index (Phi) is 4.89. The van der Waals surface area contributed by atoms with E-state index in [2.05, 4.69) is 15.3 Å². The average molecular weight is 464 g/mol. The normalized spacial score (nSPS) is 26.1. The third-order valence-electron chi connectivity index (χ3n) is 6.73. The molecule has 176 valence electrons. The molecule has 0 saturated carbocycles. The quantitative estimate of drug-likeness (QED) is 0.669. The molecule has 0 spiro atoms. The van der Waals surface area contributed by atoms with Crippen molar-refractivity contribution in [1.82, 2.24) is 14.5 Å². The van der Waals surface area contributed by atoms with Crippen molar-refractivity contribution in [3.05, 3.63) is 40.3 Å². The number of nitrogens with zero attached hydrogens (tertiary/aromatic N) is 5. The fraction of sp³-hybridized carbons (Fsp3) is 0.524. The van der Waals surface area contributed by atoms with Crippen molar-refractivity contribution in [2.45, 2.75) is 43.8 Å². The number of halogens is 3. The maximum Gasteiger partial charge on any atom is 0.413 e. The minimum absolute atomic E-state index is 0.0269. The van der Waals surface area contributed by atoms with Gasteiger partial charge in [0.15, 0.2) is 11.3 Å². The molecule has 0 radical (unpaired) electrons. The summed E-state index contributed by atoms with van der Waals surface area (Å²) >= 11 is 0. The van der Waals surface area contributed by atoms with Crippen LogP contribution in [-0.2, 0) is 11.3 Å². The van der Waals surface area contributed by atoms with Gasteiger partial charge in [0, 0.05) is 31.4 Å². The molecule has 12 heteroatoms. The fourth-order valence-corrected chi connectivity index (χ4v) is 4.71. The molecule has 9 nitrogen and oxygen atoms in total. The van der Waals surface area contributed by atoms with E-state index in [1.807, 2.05) is 4.90 Å². The van der Waals surface area contributed by atoms with Crippen molar-refractivity contribution >= 4 is 23.4 Å². The molecule has 2 bridgehead atoms. The summed E-state index contributed by atoms with van der Waals surface area (Å²) in [5.74, 6) is 0.127. The number of carbonyl (C=O) groups excluding carboxylic acids is 1. The third-order valence-corrected chi connectivity index (χ3v) is 6.73. The summed E-state index contributed by atoms with van der Waals surface area (Å²) in [5, 5.41) is 2.82. The molecule has 3 aliphatic rings. The lowest BCUT2D eigenvalue weighted by Crippen LogP contribution is -2.57. The Morgan fingerprint density at radius 1 is 1.36 bits per heavy atom. The van der Waals surface area contributed by atoms with Crippen LogP contribution >= 0.6 is 0 Å². The molecule has 0 aliphatic carbocycles. The number of alkyl halides is 3. The molecule has 3 atom stereocenters. The number of nitrogens with one attached hydrogen (secondary N) is 1. The van der Waals surface area contributed by atoms with Gasteiger partial charge >= 0.3 is 6.18 Å². The van der Waals surface area contributed by atoms with E-state index in [1.165, 1.54) is 18.3 Å². The summed E-state index contributed by atoms with van der Waals surface area (Å²) in [7, 11) is 1.67. The van der Waals surface area contributed by atoms with Crippen LogP contribution in [0.3, 0.4) is 0 Å². The summed E-state index contributed by atoms with van der Waals surface area (Å²) in [4.78, 5) is 37.1. The van der Waals surface area contributed by atoms with Gasteiger partial charge in [-0.25, -0.2) is 4.98 Å². The number of Topliss-reactive ketones (excluding diaryl/α,β-unsaturated/α-hetero) is 1. The number of ketones is 1. The Bertz CT molecular complexity index is 1150. The number of carbonyl (C=O) groups is 1. The number of aromatic nitrogens is 3. The largest absolute Gasteiger partial charge is 0.413 e. The molecule has 2 fully saturated rings. The Hall–Kier alpha value is -3.15. The number of ether oxygens (including phenoxy) is 1. The SMILES string of the molecule is CNc1ccc(C(=O)CN2c3nc(N4C[C@@H]5C[C@H]4CO5)cc(=O)n3C[C@@]2(C)C(F)(F)F)cn1. The van der Waals surface area contributed by atoms with Crippen molar-refractivity contribution in [3.8, 4) is 0 Å². The van der Waals surface area contributed by atoms with E-state index < -0.39 is 36.1 Å². The first-order valence-electron chi connectivity index (χ1n) is 10.6. The van der Waals surface area contributed by atoms with Crippen LogP contribution in [0.1, 0.15) is 23.7 Å². The highest BCUT2D eigenvalue weighted by Crippen LogP contribution is 2.43. The highest BCUT2D eigenvalue weighted by atomic mass is 19.4. The van der Waals surface area contributed by atoms with Gasteiger partial charge in [-0.15, -0.1) is 0 Å². The first-order valence-corrected chi connectivity index (χ1v) is 10.6. The number of rotatable bonds is 5. The fourth-order valence-electron chi connectivity index (χ4n) is 4.71. The van der Waals surface area contributed by atoms with Crippen LogP contribution in [-0.4, -0.2) is 70.9 Å². The third kappa shape index (κ3) is 3.43. The van der Waals surface area contributed by atoms with E-state index >= 15 is 0 Å². The lowest BCUT2D eigenvalue weighted by atomic mass is 10.00. The second-order valence-corrected chi connectivity index (χ2v) is 8.80. The van der Waals surface area contributed by atoms with Crippen molar-refractivity contribution < 1.29 is 22.7 Å². The first-order chi connectivity index (χ1) is 15.6. The second kappa shape index (κ2) is 7.44. The molecule has 2 aromatic rings. The maximum atomic E-state index is 14.2. The monoisotopic (exact) mass is 464 g/mol. The van der Waals surface area contributed by atoms with Gasteiger partial charge in [-0.3, -0.25) is 14.2 Å². The topological polar surface area (TPSA) is 92.6 Å². The number of morpholine rings is 1. The molecule has 5 rings (SSSR count). The maximum absolute atomic E-state index is 14.2. The Labute approximate surface area is 187 Å². The van der Waals surface area contributed by atoms with Crippen molar-refractivity contribution in [2.75, 3.05) is 41.9 Å². The van der Waals surface area contributed by atoms with Gasteiger partial charge in [-0.05, 0) is 25.5 Å². The highest BCUT2D eigenvalue weighted by Gasteiger charge is 2.60.